The molecule has 2 aliphatic rings. The maximum Gasteiger partial charge on any atom is 0.248 e. The molecule has 1 unspecified atom stereocenters. The number of morpholine rings is 1. The van der Waals surface area contributed by atoms with Crippen LogP contribution in [-0.2, 0) is 9.53 Å². The molecule has 2 N–H and O–H groups in total. The summed E-state index contributed by atoms with van der Waals surface area (Å²) in [6.07, 6.45) is 3.44. The van der Waals surface area contributed by atoms with E-state index in [0.717, 1.165) is 24.7 Å². The van der Waals surface area contributed by atoms with Gasteiger partial charge in [-0.25, -0.2) is 9.97 Å². The number of aromatic nitrogens is 2. The lowest BCUT2D eigenvalue weighted by molar-refractivity contribution is -0.130. The van der Waals surface area contributed by atoms with Crippen molar-refractivity contribution in [1.29, 1.82) is 0 Å². The van der Waals surface area contributed by atoms with Crippen LogP contribution in [-0.4, -0.2) is 54.8 Å². The van der Waals surface area contributed by atoms with Crippen molar-refractivity contribution in [2.24, 2.45) is 5.73 Å². The summed E-state index contributed by atoms with van der Waals surface area (Å²) in [5.74, 6) is 1.36. The topological polar surface area (TPSA) is 84.6 Å². The molecule has 20 heavy (non-hydrogen) atoms. The normalized spacial score (nSPS) is 23.1. The molecule has 0 spiro atoms. The van der Waals surface area contributed by atoms with Gasteiger partial charge in [0.1, 0.15) is 18.0 Å². The third-order valence-electron chi connectivity index (χ3n) is 3.78. The number of amides is 1. The molecule has 7 nitrogen and oxygen atoms in total. The quantitative estimate of drug-likeness (QED) is 0.821. The van der Waals surface area contributed by atoms with Gasteiger partial charge in [-0.1, -0.05) is 0 Å². The maximum absolute atomic E-state index is 11.2. The van der Waals surface area contributed by atoms with Crippen LogP contribution in [0.1, 0.15) is 12.8 Å². The Morgan fingerprint density at radius 1 is 1.20 bits per heavy atom. The molecule has 0 saturated carbocycles. The van der Waals surface area contributed by atoms with E-state index in [1.807, 2.05) is 11.0 Å². The minimum Gasteiger partial charge on any atom is -0.367 e. The minimum absolute atomic E-state index is 0.427. The van der Waals surface area contributed by atoms with E-state index < -0.39 is 12.0 Å². The molecule has 1 aromatic rings. The number of hydrogen-bond donors (Lipinski definition) is 1. The van der Waals surface area contributed by atoms with E-state index >= 15 is 0 Å². The lowest BCUT2D eigenvalue weighted by Gasteiger charge is -2.32. The highest BCUT2D eigenvalue weighted by Gasteiger charge is 2.26. The number of anilines is 2. The number of primary amides is 1. The second-order valence-electron chi connectivity index (χ2n) is 5.14. The van der Waals surface area contributed by atoms with E-state index in [-0.39, 0.29) is 0 Å². The first-order valence-electron chi connectivity index (χ1n) is 6.97. The summed E-state index contributed by atoms with van der Waals surface area (Å²) in [6.45, 7) is 3.73. The number of carbonyl (C=O) groups excluding carboxylic acids is 1. The summed E-state index contributed by atoms with van der Waals surface area (Å²) in [6, 6.07) is 1.98. The van der Waals surface area contributed by atoms with Gasteiger partial charge in [-0.15, -0.1) is 0 Å². The zero-order chi connectivity index (χ0) is 13.9. The maximum atomic E-state index is 11.2. The summed E-state index contributed by atoms with van der Waals surface area (Å²) < 4.78 is 5.35. The van der Waals surface area contributed by atoms with Gasteiger partial charge in [0.05, 0.1) is 13.2 Å². The molecule has 1 amide bonds. The van der Waals surface area contributed by atoms with E-state index in [9.17, 15) is 4.79 Å². The monoisotopic (exact) mass is 277 g/mol. The summed E-state index contributed by atoms with van der Waals surface area (Å²) in [5.41, 5.74) is 5.31. The molecule has 2 aliphatic heterocycles. The highest BCUT2D eigenvalue weighted by molar-refractivity contribution is 5.79. The molecule has 2 saturated heterocycles. The summed E-state index contributed by atoms with van der Waals surface area (Å²) in [7, 11) is 0. The van der Waals surface area contributed by atoms with Gasteiger partial charge in [0, 0.05) is 25.7 Å². The van der Waals surface area contributed by atoms with E-state index in [1.54, 1.807) is 6.33 Å². The first kappa shape index (κ1) is 13.1. The molecule has 0 aliphatic carbocycles. The second-order valence-corrected chi connectivity index (χ2v) is 5.14. The number of ether oxygens (including phenoxy) is 1. The standard InChI is InChI=1S/C13H19N5O2/c14-13(19)10-8-18(5-6-20-10)12-7-11(15-9-16-12)17-3-1-2-4-17/h7,9-10H,1-6,8H2,(H2,14,19). The van der Waals surface area contributed by atoms with Crippen molar-refractivity contribution in [3.8, 4) is 0 Å². The smallest absolute Gasteiger partial charge is 0.248 e. The summed E-state index contributed by atoms with van der Waals surface area (Å²) >= 11 is 0. The molecule has 3 heterocycles. The average molecular weight is 277 g/mol. The van der Waals surface area contributed by atoms with Gasteiger partial charge in [-0.3, -0.25) is 4.79 Å². The number of rotatable bonds is 3. The minimum atomic E-state index is -0.561. The van der Waals surface area contributed by atoms with Crippen molar-refractivity contribution in [3.63, 3.8) is 0 Å². The Hall–Kier alpha value is -1.89. The fourth-order valence-corrected chi connectivity index (χ4v) is 2.66. The Bertz CT molecular complexity index is 489. The van der Waals surface area contributed by atoms with Crippen molar-refractivity contribution in [2.75, 3.05) is 42.6 Å². The SMILES string of the molecule is NC(=O)C1CN(c2cc(N3CCCC3)ncn2)CCO1. The van der Waals surface area contributed by atoms with Gasteiger partial charge in [0.15, 0.2) is 6.10 Å². The van der Waals surface area contributed by atoms with Gasteiger partial charge in [0.25, 0.3) is 0 Å². The Kier molecular flexibility index (Phi) is 3.68. The predicted molar refractivity (Wildman–Crippen MR) is 74.6 cm³/mol. The van der Waals surface area contributed by atoms with Gasteiger partial charge in [-0.2, -0.15) is 0 Å². The third kappa shape index (κ3) is 2.67. The van der Waals surface area contributed by atoms with Gasteiger partial charge < -0.3 is 20.3 Å². The molecule has 108 valence electrons. The molecule has 0 bridgehead atoms. The highest BCUT2D eigenvalue weighted by atomic mass is 16.5. The fourth-order valence-electron chi connectivity index (χ4n) is 2.66. The number of hydrogen-bond acceptors (Lipinski definition) is 6. The van der Waals surface area contributed by atoms with Gasteiger partial charge in [-0.05, 0) is 12.8 Å². The van der Waals surface area contributed by atoms with Crippen molar-refractivity contribution >= 4 is 17.5 Å². The lowest BCUT2D eigenvalue weighted by Crippen LogP contribution is -2.48. The van der Waals surface area contributed by atoms with Crippen LogP contribution in [0.25, 0.3) is 0 Å². The Labute approximate surface area is 117 Å². The summed E-state index contributed by atoms with van der Waals surface area (Å²) in [4.78, 5) is 24.2. The van der Waals surface area contributed by atoms with Crippen LogP contribution >= 0.6 is 0 Å². The molecular weight excluding hydrogens is 258 g/mol. The zero-order valence-electron chi connectivity index (χ0n) is 11.4. The Balaban J connectivity index is 1.75. The van der Waals surface area contributed by atoms with Crippen LogP contribution in [0.15, 0.2) is 12.4 Å². The van der Waals surface area contributed by atoms with Crippen molar-refractivity contribution < 1.29 is 9.53 Å². The Morgan fingerprint density at radius 3 is 2.60 bits per heavy atom. The van der Waals surface area contributed by atoms with Crippen LogP contribution in [0.5, 0.6) is 0 Å². The number of nitrogens with zero attached hydrogens (tertiary/aromatic N) is 4. The van der Waals surface area contributed by atoms with Crippen LogP contribution in [0, 0.1) is 0 Å². The summed E-state index contributed by atoms with van der Waals surface area (Å²) in [5, 5.41) is 0. The Morgan fingerprint density at radius 2 is 1.90 bits per heavy atom. The van der Waals surface area contributed by atoms with Crippen molar-refractivity contribution in [3.05, 3.63) is 12.4 Å². The largest absolute Gasteiger partial charge is 0.367 e. The van der Waals surface area contributed by atoms with Crippen LogP contribution in [0.3, 0.4) is 0 Å². The predicted octanol–water partition coefficient (Wildman–Crippen LogP) is -0.233. The van der Waals surface area contributed by atoms with Crippen LogP contribution < -0.4 is 15.5 Å². The third-order valence-corrected chi connectivity index (χ3v) is 3.78. The molecule has 0 radical (unpaired) electrons. The molecule has 2 fully saturated rings. The van der Waals surface area contributed by atoms with E-state index in [2.05, 4.69) is 14.9 Å². The number of carbonyl (C=O) groups is 1. The molecule has 0 aromatic carbocycles. The fraction of sp³-hybridized carbons (Fsp3) is 0.615. The van der Waals surface area contributed by atoms with E-state index in [4.69, 9.17) is 10.5 Å². The van der Waals surface area contributed by atoms with Crippen molar-refractivity contribution in [1.82, 2.24) is 9.97 Å². The molecule has 1 atom stereocenters. The molecule has 1 aromatic heterocycles. The highest BCUT2D eigenvalue weighted by Crippen LogP contribution is 2.22. The molecule has 3 rings (SSSR count). The number of nitrogens with two attached hydrogens (primary N) is 1. The van der Waals surface area contributed by atoms with Gasteiger partial charge >= 0.3 is 0 Å². The van der Waals surface area contributed by atoms with Gasteiger partial charge in [0.2, 0.25) is 5.91 Å². The first-order valence-corrected chi connectivity index (χ1v) is 6.97. The second kappa shape index (κ2) is 5.62. The van der Waals surface area contributed by atoms with Crippen LogP contribution in [0.2, 0.25) is 0 Å². The molecular formula is C13H19N5O2. The zero-order valence-corrected chi connectivity index (χ0v) is 11.4. The van der Waals surface area contributed by atoms with Crippen LogP contribution in [0.4, 0.5) is 11.6 Å². The lowest BCUT2D eigenvalue weighted by atomic mass is 10.2. The molecule has 7 heteroatoms. The average Bonchev–Trinajstić information content (AvgIpc) is 3.02. The van der Waals surface area contributed by atoms with E-state index in [1.165, 1.54) is 12.8 Å². The first-order chi connectivity index (χ1) is 9.74. The van der Waals surface area contributed by atoms with E-state index in [0.29, 0.717) is 19.7 Å². The van der Waals surface area contributed by atoms with Crippen molar-refractivity contribution in [2.45, 2.75) is 18.9 Å².